The number of hydrogen-bond donors (Lipinski definition) is 1. The molecule has 0 aliphatic carbocycles. The highest BCUT2D eigenvalue weighted by Gasteiger charge is 2.31. The van der Waals surface area contributed by atoms with Gasteiger partial charge in [-0.15, -0.1) is 0 Å². The summed E-state index contributed by atoms with van der Waals surface area (Å²) in [7, 11) is 0. The molecule has 0 spiro atoms. The Kier molecular flexibility index (Phi) is 6.88. The lowest BCUT2D eigenvalue weighted by Gasteiger charge is -2.14. The fourth-order valence-corrected chi connectivity index (χ4v) is 4.19. The molecule has 2 aromatic carbocycles. The lowest BCUT2D eigenvalue weighted by Crippen LogP contribution is -2.29. The van der Waals surface area contributed by atoms with Crippen LogP contribution in [0.25, 0.3) is 6.08 Å². The van der Waals surface area contributed by atoms with Crippen molar-refractivity contribution < 1.29 is 9.59 Å². The first-order valence-electron chi connectivity index (χ1n) is 8.80. The van der Waals surface area contributed by atoms with Crippen LogP contribution in [-0.2, 0) is 9.59 Å². The largest absolute Gasteiger partial charge is 0.326 e. The summed E-state index contributed by atoms with van der Waals surface area (Å²) in [5.41, 5.74) is 2.79. The van der Waals surface area contributed by atoms with Gasteiger partial charge in [0.2, 0.25) is 5.91 Å². The molecule has 0 bridgehead atoms. The summed E-state index contributed by atoms with van der Waals surface area (Å²) in [6.07, 6.45) is 2.67. The van der Waals surface area contributed by atoms with Gasteiger partial charge >= 0.3 is 0 Å². The molecule has 0 atom stereocenters. The molecule has 2 aromatic rings. The summed E-state index contributed by atoms with van der Waals surface area (Å²) in [4.78, 5) is 26.9. The van der Waals surface area contributed by atoms with Gasteiger partial charge < -0.3 is 5.32 Å². The van der Waals surface area contributed by atoms with Crippen LogP contribution in [0.4, 0.5) is 5.69 Å². The quantitative estimate of drug-likeness (QED) is 0.501. The van der Waals surface area contributed by atoms with Gasteiger partial charge in [-0.3, -0.25) is 14.5 Å². The molecule has 144 valence electrons. The van der Waals surface area contributed by atoms with Gasteiger partial charge in [0.1, 0.15) is 4.32 Å². The number of benzene rings is 2. The smallest absolute Gasteiger partial charge is 0.266 e. The summed E-state index contributed by atoms with van der Waals surface area (Å²) in [6, 6.07) is 15.0. The van der Waals surface area contributed by atoms with Crippen molar-refractivity contribution in [3.63, 3.8) is 0 Å². The topological polar surface area (TPSA) is 49.4 Å². The average Bonchev–Trinajstić information content (AvgIpc) is 2.91. The van der Waals surface area contributed by atoms with E-state index in [0.29, 0.717) is 39.3 Å². The number of amides is 2. The van der Waals surface area contributed by atoms with E-state index in [4.69, 9.17) is 23.8 Å². The molecule has 1 aliphatic heterocycles. The highest BCUT2D eigenvalue weighted by Crippen LogP contribution is 2.32. The molecular weight excluding hydrogens is 412 g/mol. The molecule has 1 N–H and O–H groups in total. The van der Waals surface area contributed by atoms with E-state index in [2.05, 4.69) is 5.32 Å². The second-order valence-electron chi connectivity index (χ2n) is 6.41. The van der Waals surface area contributed by atoms with Crippen LogP contribution >= 0.6 is 35.6 Å². The molecule has 28 heavy (non-hydrogen) atoms. The highest BCUT2D eigenvalue weighted by molar-refractivity contribution is 8.26. The average molecular weight is 431 g/mol. The van der Waals surface area contributed by atoms with Gasteiger partial charge in [-0.25, -0.2) is 0 Å². The molecule has 0 unspecified atom stereocenters. The summed E-state index contributed by atoms with van der Waals surface area (Å²) in [6.45, 7) is 2.44. The minimum Gasteiger partial charge on any atom is -0.326 e. The van der Waals surface area contributed by atoms with Crippen molar-refractivity contribution in [1.82, 2.24) is 4.90 Å². The lowest BCUT2D eigenvalue weighted by atomic mass is 10.1. The van der Waals surface area contributed by atoms with Gasteiger partial charge in [0, 0.05) is 23.7 Å². The molecule has 0 radical (unpaired) electrons. The maximum Gasteiger partial charge on any atom is 0.266 e. The number of thiocarbonyl (C=S) groups is 1. The Hall–Kier alpha value is -2.15. The molecule has 0 aromatic heterocycles. The number of anilines is 1. The Labute approximate surface area is 178 Å². The summed E-state index contributed by atoms with van der Waals surface area (Å²) < 4.78 is 0.526. The summed E-state index contributed by atoms with van der Waals surface area (Å²) in [5.74, 6) is -0.228. The number of hydrogen-bond acceptors (Lipinski definition) is 4. The van der Waals surface area contributed by atoms with Crippen LogP contribution in [0.5, 0.6) is 0 Å². The molecule has 3 rings (SSSR count). The third-order valence-corrected chi connectivity index (χ3v) is 5.76. The third kappa shape index (κ3) is 5.44. The van der Waals surface area contributed by atoms with Crippen molar-refractivity contribution in [3.8, 4) is 0 Å². The monoisotopic (exact) mass is 430 g/mol. The van der Waals surface area contributed by atoms with Crippen molar-refractivity contribution in [2.45, 2.75) is 19.8 Å². The van der Waals surface area contributed by atoms with Crippen LogP contribution in [0.1, 0.15) is 24.0 Å². The van der Waals surface area contributed by atoms with E-state index in [0.717, 1.165) is 5.56 Å². The van der Waals surface area contributed by atoms with E-state index in [1.54, 1.807) is 29.2 Å². The molecule has 1 fully saturated rings. The Balaban J connectivity index is 1.53. The molecule has 1 heterocycles. The number of nitrogens with one attached hydrogen (secondary N) is 1. The number of thioether (sulfide) groups is 1. The molecular formula is C21H19ClN2O2S2. The van der Waals surface area contributed by atoms with E-state index >= 15 is 0 Å². The zero-order chi connectivity index (χ0) is 20.1. The highest BCUT2D eigenvalue weighted by atomic mass is 35.5. The van der Waals surface area contributed by atoms with Gasteiger partial charge in [0.25, 0.3) is 5.91 Å². The van der Waals surface area contributed by atoms with Crippen molar-refractivity contribution in [3.05, 3.63) is 69.6 Å². The van der Waals surface area contributed by atoms with Crippen LogP contribution in [0.15, 0.2) is 53.4 Å². The molecule has 0 saturated carbocycles. The fraction of sp³-hybridized carbons (Fsp3) is 0.190. The number of carbonyl (C=O) groups is 2. The molecule has 1 aliphatic rings. The van der Waals surface area contributed by atoms with E-state index in [1.165, 1.54) is 17.3 Å². The number of rotatable bonds is 6. The molecule has 1 saturated heterocycles. The number of nitrogens with zero attached hydrogens (tertiary/aromatic N) is 1. The fourth-order valence-electron chi connectivity index (χ4n) is 2.69. The third-order valence-electron chi connectivity index (χ3n) is 4.14. The van der Waals surface area contributed by atoms with Crippen LogP contribution in [0, 0.1) is 6.92 Å². The zero-order valence-corrected chi connectivity index (χ0v) is 17.7. The Morgan fingerprint density at radius 1 is 1.25 bits per heavy atom. The molecule has 4 nitrogen and oxygen atoms in total. The second kappa shape index (κ2) is 9.37. The Morgan fingerprint density at radius 3 is 2.71 bits per heavy atom. The number of halogens is 1. The second-order valence-corrected chi connectivity index (χ2v) is 8.52. The summed E-state index contributed by atoms with van der Waals surface area (Å²) in [5, 5.41) is 3.37. The standard InChI is InChI=1S/C21H19ClN2O2S2/c1-14-7-9-15(10-8-14)12-18-20(26)24(21(27)28-18)11-3-6-19(25)23-17-5-2-4-16(22)13-17/h2,4-5,7-10,12-13H,3,6,11H2,1H3,(H,23,25)/b18-12+. The van der Waals surface area contributed by atoms with Gasteiger partial charge in [-0.05, 0) is 43.2 Å². The minimum atomic E-state index is -0.122. The van der Waals surface area contributed by atoms with Crippen LogP contribution in [0.3, 0.4) is 0 Å². The Morgan fingerprint density at radius 2 is 2.00 bits per heavy atom. The van der Waals surface area contributed by atoms with Gasteiger partial charge in [0.05, 0.1) is 4.91 Å². The molecule has 2 amide bonds. The lowest BCUT2D eigenvalue weighted by molar-refractivity contribution is -0.122. The minimum absolute atomic E-state index is 0.106. The van der Waals surface area contributed by atoms with Crippen molar-refractivity contribution >= 4 is 63.5 Å². The van der Waals surface area contributed by atoms with Crippen molar-refractivity contribution in [2.24, 2.45) is 0 Å². The first-order chi connectivity index (χ1) is 13.4. The summed E-state index contributed by atoms with van der Waals surface area (Å²) >= 11 is 12.6. The van der Waals surface area contributed by atoms with E-state index in [9.17, 15) is 9.59 Å². The van der Waals surface area contributed by atoms with Crippen LogP contribution in [0.2, 0.25) is 5.02 Å². The first-order valence-corrected chi connectivity index (χ1v) is 10.4. The number of aryl methyl sites for hydroxylation is 1. The first kappa shape index (κ1) is 20.6. The normalized spacial score (nSPS) is 15.4. The van der Waals surface area contributed by atoms with Gasteiger partial charge in [0.15, 0.2) is 0 Å². The maximum absolute atomic E-state index is 12.6. The van der Waals surface area contributed by atoms with Gasteiger partial charge in [-0.2, -0.15) is 0 Å². The number of carbonyl (C=O) groups excluding carboxylic acids is 2. The van der Waals surface area contributed by atoms with E-state index in [1.807, 2.05) is 37.3 Å². The molecule has 7 heteroatoms. The predicted molar refractivity (Wildman–Crippen MR) is 120 cm³/mol. The zero-order valence-electron chi connectivity index (χ0n) is 15.3. The van der Waals surface area contributed by atoms with Crippen LogP contribution in [-0.4, -0.2) is 27.6 Å². The Bertz CT molecular complexity index is 942. The van der Waals surface area contributed by atoms with Crippen molar-refractivity contribution in [2.75, 3.05) is 11.9 Å². The van der Waals surface area contributed by atoms with Gasteiger partial charge in [-0.1, -0.05) is 71.5 Å². The SMILES string of the molecule is Cc1ccc(/C=C2/SC(=S)N(CCCC(=O)Nc3cccc(Cl)c3)C2=O)cc1. The maximum atomic E-state index is 12.6. The van der Waals surface area contributed by atoms with E-state index < -0.39 is 0 Å². The van der Waals surface area contributed by atoms with Crippen LogP contribution < -0.4 is 5.32 Å². The van der Waals surface area contributed by atoms with Crippen molar-refractivity contribution in [1.29, 1.82) is 0 Å². The van der Waals surface area contributed by atoms with E-state index in [-0.39, 0.29) is 11.8 Å². The predicted octanol–water partition coefficient (Wildman–Crippen LogP) is 5.27.